The lowest BCUT2D eigenvalue weighted by atomic mass is 9.78. The average molecular weight is 548 g/mol. The van der Waals surface area contributed by atoms with Crippen LogP contribution in [0, 0.1) is 50.3 Å². The third kappa shape index (κ3) is 8.34. The first-order valence-corrected chi connectivity index (χ1v) is 14.2. The van der Waals surface area contributed by atoms with E-state index in [2.05, 4.69) is 48.7 Å². The Bertz CT molecular complexity index is 1400. The van der Waals surface area contributed by atoms with Crippen molar-refractivity contribution >= 4 is 11.6 Å². The lowest BCUT2D eigenvalue weighted by Crippen LogP contribution is -2.36. The molecule has 2 fully saturated rings. The van der Waals surface area contributed by atoms with Crippen LogP contribution >= 0.6 is 0 Å². The van der Waals surface area contributed by atoms with E-state index in [1.54, 1.807) is 0 Å². The van der Waals surface area contributed by atoms with Gasteiger partial charge in [0.05, 0.1) is 11.0 Å². The first kappa shape index (κ1) is 31.2. The minimum Gasteiger partial charge on any atom is -0.316 e. The highest BCUT2D eigenvalue weighted by Crippen LogP contribution is 2.33. The number of hydrogen-bond acceptors (Lipinski definition) is 5. The van der Waals surface area contributed by atoms with E-state index in [0.29, 0.717) is 5.92 Å². The second-order valence-electron chi connectivity index (χ2n) is 10.8. The molecule has 0 aromatic carbocycles. The van der Waals surface area contributed by atoms with Gasteiger partial charge in [0.15, 0.2) is 5.82 Å². The summed E-state index contributed by atoms with van der Waals surface area (Å²) in [4.78, 5) is 17.1. The molecule has 0 spiro atoms. The van der Waals surface area contributed by atoms with Gasteiger partial charge in [0.25, 0.3) is 0 Å². The topological polar surface area (TPSA) is 63.6 Å². The normalized spacial score (nSPS) is 19.9. The minimum atomic E-state index is -0.645. The summed E-state index contributed by atoms with van der Waals surface area (Å²) in [5.74, 6) is 2.09. The standard InChI is InChI=1S/C20H23N3.C7H15N.C6H5F2N/c1-5-17(15-8-7-9-15)19-14(4)22-20(23-18(19)6-2)16-10-11-21-13(3)12-16;1-6-3-4-8-5-7(6)2;1-4-5(7)2-3-6(8)9-4/h5-6,10-12,15H,1,7-9H2,2-4H3;6-8H,3-5H2,1-2H3;2-3H,1H3/b18-6+,19-17+;;. The summed E-state index contributed by atoms with van der Waals surface area (Å²) in [7, 11) is 0. The van der Waals surface area contributed by atoms with E-state index in [0.717, 1.165) is 52.1 Å². The molecule has 1 N–H and O–H groups in total. The molecule has 214 valence electrons. The molecular formula is C33H43F2N5. The Balaban J connectivity index is 0.000000211. The second kappa shape index (κ2) is 14.9. The first-order chi connectivity index (χ1) is 19.1. The first-order valence-electron chi connectivity index (χ1n) is 14.2. The maximum atomic E-state index is 12.3. The van der Waals surface area contributed by atoms with Crippen molar-refractivity contribution in [2.75, 3.05) is 13.1 Å². The molecule has 2 unspecified atom stereocenters. The third-order valence-corrected chi connectivity index (χ3v) is 7.80. The molecule has 0 radical (unpaired) electrons. The van der Waals surface area contributed by atoms with Crippen LogP contribution in [-0.4, -0.2) is 33.0 Å². The molecule has 2 atom stereocenters. The van der Waals surface area contributed by atoms with Crippen molar-refractivity contribution in [3.05, 3.63) is 82.5 Å². The number of rotatable bonds is 3. The molecule has 7 heteroatoms. The monoisotopic (exact) mass is 547 g/mol. The zero-order valence-corrected chi connectivity index (χ0v) is 24.8. The van der Waals surface area contributed by atoms with E-state index >= 15 is 0 Å². The number of halogens is 2. The molecule has 40 heavy (non-hydrogen) atoms. The molecule has 3 aromatic heterocycles. The van der Waals surface area contributed by atoms with Crippen molar-refractivity contribution in [2.24, 2.45) is 17.8 Å². The van der Waals surface area contributed by atoms with Gasteiger partial charge in [-0.3, -0.25) is 4.98 Å². The lowest BCUT2D eigenvalue weighted by Gasteiger charge is -2.27. The number of pyridine rings is 2. The quantitative estimate of drug-likeness (QED) is 0.407. The fraction of sp³-hybridized carbons (Fsp3) is 0.455. The van der Waals surface area contributed by atoms with E-state index in [-0.39, 0.29) is 5.69 Å². The Hall–Kier alpha value is -3.32. The number of piperidine rings is 1. The van der Waals surface area contributed by atoms with Crippen LogP contribution in [0.25, 0.3) is 23.0 Å². The summed E-state index contributed by atoms with van der Waals surface area (Å²) < 4.78 is 24.3. The molecule has 0 bridgehead atoms. The second-order valence-corrected chi connectivity index (χ2v) is 10.8. The molecule has 2 aliphatic rings. The van der Waals surface area contributed by atoms with Crippen molar-refractivity contribution < 1.29 is 8.78 Å². The molecule has 3 aromatic rings. The molecule has 0 amide bonds. The largest absolute Gasteiger partial charge is 0.316 e. The number of aromatic nitrogens is 4. The lowest BCUT2D eigenvalue weighted by molar-refractivity contribution is 0.295. The molecule has 4 heterocycles. The Labute approximate surface area is 237 Å². The van der Waals surface area contributed by atoms with Gasteiger partial charge >= 0.3 is 0 Å². The zero-order valence-electron chi connectivity index (χ0n) is 24.8. The SMILES string of the molecule is C=C/C(=c1/c(C)nc(-c2ccnc(C)c2)n/c1=C/C)C1CCC1.CC1CCNCC1C.Cc1nc(F)ccc1F. The number of nitrogens with zero attached hydrogens (tertiary/aromatic N) is 4. The van der Waals surface area contributed by atoms with Crippen molar-refractivity contribution in [3.63, 3.8) is 0 Å². The maximum Gasteiger partial charge on any atom is 0.213 e. The predicted octanol–water partition coefficient (Wildman–Crippen LogP) is 6.01. The highest BCUT2D eigenvalue weighted by Gasteiger charge is 2.22. The summed E-state index contributed by atoms with van der Waals surface area (Å²) in [6.45, 7) is 18.6. The number of nitrogens with one attached hydrogen (secondary N) is 1. The smallest absolute Gasteiger partial charge is 0.213 e. The molecule has 1 aliphatic carbocycles. The van der Waals surface area contributed by atoms with Crippen molar-refractivity contribution in [2.45, 2.75) is 67.2 Å². The van der Waals surface area contributed by atoms with Gasteiger partial charge in [-0.15, -0.1) is 0 Å². The van der Waals surface area contributed by atoms with Crippen molar-refractivity contribution in [1.82, 2.24) is 25.3 Å². The van der Waals surface area contributed by atoms with Crippen LogP contribution < -0.4 is 15.9 Å². The number of aryl methyl sites for hydroxylation is 3. The Kier molecular flexibility index (Phi) is 11.6. The van der Waals surface area contributed by atoms with Crippen LogP contribution in [0.2, 0.25) is 0 Å². The van der Waals surface area contributed by atoms with Gasteiger partial charge in [-0.2, -0.15) is 4.39 Å². The van der Waals surface area contributed by atoms with Crippen molar-refractivity contribution in [1.29, 1.82) is 0 Å². The summed E-state index contributed by atoms with van der Waals surface area (Å²) in [5, 5.41) is 5.54. The predicted molar refractivity (Wildman–Crippen MR) is 160 cm³/mol. The van der Waals surface area contributed by atoms with Gasteiger partial charge in [-0.1, -0.05) is 39.0 Å². The maximum absolute atomic E-state index is 12.3. The number of hydrogen-bond donors (Lipinski definition) is 1. The molecule has 1 aliphatic heterocycles. The van der Waals surface area contributed by atoms with E-state index in [1.807, 2.05) is 38.3 Å². The average Bonchev–Trinajstić information content (AvgIpc) is 2.90. The van der Waals surface area contributed by atoms with E-state index < -0.39 is 11.8 Å². The van der Waals surface area contributed by atoms with Crippen LogP contribution in [0.4, 0.5) is 8.78 Å². The van der Waals surface area contributed by atoms with Gasteiger partial charge in [0.1, 0.15) is 5.82 Å². The molecule has 1 saturated carbocycles. The summed E-state index contributed by atoms with van der Waals surface area (Å²) in [6, 6.07) is 6.03. The summed E-state index contributed by atoms with van der Waals surface area (Å²) in [5.41, 5.74) is 4.41. The fourth-order valence-electron chi connectivity index (χ4n) is 4.83. The van der Waals surface area contributed by atoms with Gasteiger partial charge in [0.2, 0.25) is 5.95 Å². The van der Waals surface area contributed by atoms with Crippen LogP contribution in [0.3, 0.4) is 0 Å². The van der Waals surface area contributed by atoms with Gasteiger partial charge in [-0.05, 0) is 108 Å². The highest BCUT2D eigenvalue weighted by molar-refractivity contribution is 5.61. The van der Waals surface area contributed by atoms with Crippen molar-refractivity contribution in [3.8, 4) is 11.4 Å². The fourth-order valence-corrected chi connectivity index (χ4v) is 4.83. The van der Waals surface area contributed by atoms with Gasteiger partial charge in [0, 0.05) is 28.4 Å². The summed E-state index contributed by atoms with van der Waals surface area (Å²) >= 11 is 0. The van der Waals surface area contributed by atoms with Gasteiger partial charge < -0.3 is 5.32 Å². The Morgan fingerprint density at radius 2 is 1.73 bits per heavy atom. The minimum absolute atomic E-state index is 0.0926. The van der Waals surface area contributed by atoms with Gasteiger partial charge in [-0.25, -0.2) is 19.3 Å². The Morgan fingerprint density at radius 1 is 0.975 bits per heavy atom. The van der Waals surface area contributed by atoms with E-state index in [9.17, 15) is 8.78 Å². The van der Waals surface area contributed by atoms with Crippen LogP contribution in [-0.2, 0) is 0 Å². The van der Waals surface area contributed by atoms with Crippen LogP contribution in [0.15, 0.2) is 43.1 Å². The molecular weight excluding hydrogens is 504 g/mol. The van der Waals surface area contributed by atoms with Crippen LogP contribution in [0.1, 0.15) is 63.5 Å². The molecule has 5 nitrogen and oxygen atoms in total. The third-order valence-electron chi connectivity index (χ3n) is 7.80. The van der Waals surface area contributed by atoms with E-state index in [1.165, 1.54) is 56.5 Å². The molecule has 5 rings (SSSR count). The number of allylic oxidation sites excluding steroid dienone is 1. The van der Waals surface area contributed by atoms with E-state index in [4.69, 9.17) is 9.97 Å². The zero-order chi connectivity index (χ0) is 29.2. The van der Waals surface area contributed by atoms with Crippen LogP contribution in [0.5, 0.6) is 0 Å². The molecule has 1 saturated heterocycles. The Morgan fingerprint density at radius 3 is 2.23 bits per heavy atom. The summed E-state index contributed by atoms with van der Waals surface area (Å²) in [6.07, 6.45) is 11.0. The highest BCUT2D eigenvalue weighted by atomic mass is 19.1.